The Morgan fingerprint density at radius 1 is 1.35 bits per heavy atom. The summed E-state index contributed by atoms with van der Waals surface area (Å²) in [4.78, 5) is 18.6. The Morgan fingerprint density at radius 2 is 2.15 bits per heavy atom. The van der Waals surface area contributed by atoms with Crippen LogP contribution >= 0.6 is 11.3 Å². The Morgan fingerprint density at radius 3 is 2.75 bits per heavy atom. The zero-order chi connectivity index (χ0) is 14.5. The van der Waals surface area contributed by atoms with Crippen molar-refractivity contribution in [1.29, 1.82) is 0 Å². The summed E-state index contributed by atoms with van der Waals surface area (Å²) in [6.07, 6.45) is 1.22. The fourth-order valence-electron chi connectivity index (χ4n) is 2.19. The van der Waals surface area contributed by atoms with Crippen molar-refractivity contribution < 1.29 is 4.79 Å². The Balaban J connectivity index is 2.02. The Hall–Kier alpha value is -1.68. The number of hydrogen-bond acceptors (Lipinski definition) is 3. The smallest absolute Gasteiger partial charge is 0.227 e. The average Bonchev–Trinajstić information content (AvgIpc) is 2.83. The molecular formula is C16H20N2OS. The van der Waals surface area contributed by atoms with Gasteiger partial charge in [0, 0.05) is 24.0 Å². The second-order valence-electron chi connectivity index (χ2n) is 4.83. The largest absolute Gasteiger partial charge is 0.313 e. The van der Waals surface area contributed by atoms with Gasteiger partial charge in [0.25, 0.3) is 0 Å². The molecule has 0 spiro atoms. The van der Waals surface area contributed by atoms with Crippen LogP contribution in [0.15, 0.2) is 29.6 Å². The highest BCUT2D eigenvalue weighted by molar-refractivity contribution is 7.09. The van der Waals surface area contributed by atoms with Crippen molar-refractivity contribution in [3.05, 3.63) is 45.9 Å². The summed E-state index contributed by atoms with van der Waals surface area (Å²) in [6.45, 7) is 6.73. The van der Waals surface area contributed by atoms with Crippen LogP contribution in [0.2, 0.25) is 0 Å². The van der Waals surface area contributed by atoms with Gasteiger partial charge in [0.2, 0.25) is 5.91 Å². The topological polar surface area (TPSA) is 33.2 Å². The standard InChI is InChI=1S/C16H20N2OS/c1-4-18(15-7-5-6-12(2)10-15)16(19)9-8-14-11-20-13(3)17-14/h5-7,10-11H,4,8-9H2,1-3H3. The number of nitrogens with zero attached hydrogens (tertiary/aromatic N) is 2. The molecule has 0 fully saturated rings. The first-order chi connectivity index (χ1) is 9.60. The summed E-state index contributed by atoms with van der Waals surface area (Å²) < 4.78 is 0. The van der Waals surface area contributed by atoms with Crippen molar-refractivity contribution in [3.63, 3.8) is 0 Å². The minimum Gasteiger partial charge on any atom is -0.313 e. The summed E-state index contributed by atoms with van der Waals surface area (Å²) in [7, 11) is 0. The van der Waals surface area contributed by atoms with Crippen LogP contribution in [-0.4, -0.2) is 17.4 Å². The fraction of sp³-hybridized carbons (Fsp3) is 0.375. The SMILES string of the molecule is CCN(C(=O)CCc1csc(C)n1)c1cccc(C)c1. The maximum Gasteiger partial charge on any atom is 0.227 e. The molecule has 0 radical (unpaired) electrons. The van der Waals surface area contributed by atoms with Crippen molar-refractivity contribution in [1.82, 2.24) is 4.98 Å². The van der Waals surface area contributed by atoms with Crippen LogP contribution < -0.4 is 4.90 Å². The van der Waals surface area contributed by atoms with Gasteiger partial charge in [-0.15, -0.1) is 11.3 Å². The van der Waals surface area contributed by atoms with Crippen LogP contribution in [0, 0.1) is 13.8 Å². The molecule has 1 aromatic heterocycles. The van der Waals surface area contributed by atoms with E-state index in [1.807, 2.05) is 55.3 Å². The highest BCUT2D eigenvalue weighted by Crippen LogP contribution is 2.18. The molecule has 1 aromatic carbocycles. The lowest BCUT2D eigenvalue weighted by atomic mass is 10.2. The van der Waals surface area contributed by atoms with E-state index in [0.29, 0.717) is 19.4 Å². The molecule has 20 heavy (non-hydrogen) atoms. The second kappa shape index (κ2) is 6.66. The van der Waals surface area contributed by atoms with Crippen LogP contribution in [0.3, 0.4) is 0 Å². The Bertz CT molecular complexity index is 592. The van der Waals surface area contributed by atoms with Crippen molar-refractivity contribution >= 4 is 22.9 Å². The molecule has 0 saturated carbocycles. The summed E-state index contributed by atoms with van der Waals surface area (Å²) >= 11 is 1.63. The van der Waals surface area contributed by atoms with Gasteiger partial charge in [-0.2, -0.15) is 0 Å². The molecule has 2 aromatic rings. The minimum absolute atomic E-state index is 0.156. The number of benzene rings is 1. The third-order valence-corrected chi connectivity index (χ3v) is 4.01. The molecule has 2 rings (SSSR count). The summed E-state index contributed by atoms with van der Waals surface area (Å²) in [6, 6.07) is 8.07. The quantitative estimate of drug-likeness (QED) is 0.839. The number of amides is 1. The van der Waals surface area contributed by atoms with Crippen LogP contribution in [0.25, 0.3) is 0 Å². The number of aromatic nitrogens is 1. The minimum atomic E-state index is 0.156. The van der Waals surface area contributed by atoms with Gasteiger partial charge >= 0.3 is 0 Å². The van der Waals surface area contributed by atoms with E-state index in [1.54, 1.807) is 11.3 Å². The Labute approximate surface area is 124 Å². The van der Waals surface area contributed by atoms with E-state index >= 15 is 0 Å². The molecule has 0 aliphatic carbocycles. The third kappa shape index (κ3) is 3.67. The normalized spacial score (nSPS) is 10.6. The average molecular weight is 288 g/mol. The molecule has 0 N–H and O–H groups in total. The van der Waals surface area contributed by atoms with Crippen molar-refractivity contribution in [2.45, 2.75) is 33.6 Å². The predicted octanol–water partition coefficient (Wildman–Crippen LogP) is 3.75. The lowest BCUT2D eigenvalue weighted by molar-refractivity contribution is -0.118. The van der Waals surface area contributed by atoms with Gasteiger partial charge in [-0.3, -0.25) is 4.79 Å². The van der Waals surface area contributed by atoms with Crippen molar-refractivity contribution in [2.24, 2.45) is 0 Å². The van der Waals surface area contributed by atoms with Gasteiger partial charge < -0.3 is 4.90 Å². The molecule has 0 saturated heterocycles. The van der Waals surface area contributed by atoms with E-state index in [0.717, 1.165) is 16.4 Å². The van der Waals surface area contributed by atoms with Gasteiger partial charge in [0.15, 0.2) is 0 Å². The predicted molar refractivity (Wildman–Crippen MR) is 84.4 cm³/mol. The Kier molecular flexibility index (Phi) is 4.90. The maximum absolute atomic E-state index is 12.4. The monoisotopic (exact) mass is 288 g/mol. The van der Waals surface area contributed by atoms with E-state index in [4.69, 9.17) is 0 Å². The number of carbonyl (C=O) groups excluding carboxylic acids is 1. The zero-order valence-corrected chi connectivity index (χ0v) is 13.0. The molecule has 0 unspecified atom stereocenters. The second-order valence-corrected chi connectivity index (χ2v) is 5.90. The molecule has 4 heteroatoms. The number of aryl methyl sites for hydroxylation is 3. The highest BCUT2D eigenvalue weighted by atomic mass is 32.1. The summed E-state index contributed by atoms with van der Waals surface area (Å²) in [5.74, 6) is 0.156. The number of carbonyl (C=O) groups is 1. The zero-order valence-electron chi connectivity index (χ0n) is 12.2. The van der Waals surface area contributed by atoms with Gasteiger partial charge in [-0.05, 0) is 44.9 Å². The molecule has 106 valence electrons. The number of thiazole rings is 1. The maximum atomic E-state index is 12.4. The van der Waals surface area contributed by atoms with Crippen LogP contribution in [0.5, 0.6) is 0 Å². The van der Waals surface area contributed by atoms with E-state index in [9.17, 15) is 4.79 Å². The number of rotatable bonds is 5. The van der Waals surface area contributed by atoms with Crippen LogP contribution in [-0.2, 0) is 11.2 Å². The van der Waals surface area contributed by atoms with Crippen molar-refractivity contribution in [2.75, 3.05) is 11.4 Å². The van der Waals surface area contributed by atoms with E-state index in [-0.39, 0.29) is 5.91 Å². The molecule has 0 aliphatic rings. The highest BCUT2D eigenvalue weighted by Gasteiger charge is 2.14. The number of hydrogen-bond donors (Lipinski definition) is 0. The molecule has 1 heterocycles. The lowest BCUT2D eigenvalue weighted by Crippen LogP contribution is -2.30. The first kappa shape index (κ1) is 14.7. The third-order valence-electron chi connectivity index (χ3n) is 3.19. The van der Waals surface area contributed by atoms with E-state index < -0.39 is 0 Å². The van der Waals surface area contributed by atoms with Gasteiger partial charge in [0.05, 0.1) is 10.7 Å². The molecule has 0 aliphatic heterocycles. The fourth-order valence-corrected chi connectivity index (χ4v) is 2.84. The molecule has 0 atom stereocenters. The van der Waals surface area contributed by atoms with E-state index in [1.165, 1.54) is 5.56 Å². The summed E-state index contributed by atoms with van der Waals surface area (Å²) in [5.41, 5.74) is 3.16. The van der Waals surface area contributed by atoms with Gasteiger partial charge in [0.1, 0.15) is 0 Å². The van der Waals surface area contributed by atoms with Gasteiger partial charge in [-0.1, -0.05) is 12.1 Å². The molecular weight excluding hydrogens is 268 g/mol. The van der Waals surface area contributed by atoms with Crippen molar-refractivity contribution in [3.8, 4) is 0 Å². The first-order valence-corrected chi connectivity index (χ1v) is 7.76. The van der Waals surface area contributed by atoms with E-state index in [2.05, 4.69) is 4.98 Å². The molecule has 1 amide bonds. The first-order valence-electron chi connectivity index (χ1n) is 6.88. The van der Waals surface area contributed by atoms with Gasteiger partial charge in [-0.25, -0.2) is 4.98 Å². The molecule has 0 bridgehead atoms. The summed E-state index contributed by atoms with van der Waals surface area (Å²) in [5, 5.41) is 3.09. The van der Waals surface area contributed by atoms with Crippen LogP contribution in [0.1, 0.15) is 29.6 Å². The lowest BCUT2D eigenvalue weighted by Gasteiger charge is -2.21. The van der Waals surface area contributed by atoms with Crippen LogP contribution in [0.4, 0.5) is 5.69 Å². The molecule has 3 nitrogen and oxygen atoms in total. The number of anilines is 1.